The smallest absolute Gasteiger partial charge is 0.363 e. The molecule has 10 heteroatoms. The van der Waals surface area contributed by atoms with Gasteiger partial charge in [-0.1, -0.05) is 13.8 Å². The van der Waals surface area contributed by atoms with E-state index in [2.05, 4.69) is 38.1 Å². The molecule has 1 aliphatic heterocycles. The summed E-state index contributed by atoms with van der Waals surface area (Å²) < 4.78 is 35.3. The zero-order chi connectivity index (χ0) is 20.2. The minimum atomic E-state index is -3.62. The predicted molar refractivity (Wildman–Crippen MR) is 107 cm³/mol. The van der Waals surface area contributed by atoms with Crippen LogP contribution in [0.15, 0.2) is 33.1 Å². The summed E-state index contributed by atoms with van der Waals surface area (Å²) in [5.74, 6) is 1.37. The second-order valence-electron chi connectivity index (χ2n) is 7.35. The summed E-state index contributed by atoms with van der Waals surface area (Å²) in [6.07, 6.45) is 3.54. The number of tetrazole rings is 1. The molecule has 1 aromatic carbocycles. The molecule has 0 amide bonds. The van der Waals surface area contributed by atoms with Crippen molar-refractivity contribution in [2.75, 3.05) is 6.61 Å². The molecule has 0 saturated carbocycles. The van der Waals surface area contributed by atoms with Crippen molar-refractivity contribution < 1.29 is 13.2 Å². The van der Waals surface area contributed by atoms with E-state index in [0.717, 1.165) is 24.2 Å². The van der Waals surface area contributed by atoms with E-state index in [9.17, 15) is 8.42 Å². The highest BCUT2D eigenvalue weighted by atomic mass is 32.2. The van der Waals surface area contributed by atoms with Crippen LogP contribution in [0.4, 0.5) is 0 Å². The van der Waals surface area contributed by atoms with Gasteiger partial charge in [-0.3, -0.25) is 0 Å². The first-order valence-corrected chi connectivity index (χ1v) is 10.6. The van der Waals surface area contributed by atoms with Crippen molar-refractivity contribution in [3.8, 4) is 17.1 Å². The van der Waals surface area contributed by atoms with Gasteiger partial charge in [0.05, 0.1) is 25.1 Å². The van der Waals surface area contributed by atoms with Crippen molar-refractivity contribution in [1.29, 1.82) is 0 Å². The van der Waals surface area contributed by atoms with Crippen molar-refractivity contribution >= 4 is 22.1 Å². The number of rotatable bonds is 9. The highest BCUT2D eigenvalue weighted by Crippen LogP contribution is 2.28. The molecule has 0 spiro atoms. The Bertz CT molecular complexity index is 977. The van der Waals surface area contributed by atoms with Crippen molar-refractivity contribution in [2.24, 2.45) is 14.2 Å². The fourth-order valence-corrected chi connectivity index (χ4v) is 3.40. The van der Waals surface area contributed by atoms with Gasteiger partial charge in [0.1, 0.15) is 5.75 Å². The third kappa shape index (κ3) is 5.44. The topological polar surface area (TPSA) is 112 Å². The Morgan fingerprint density at radius 2 is 1.89 bits per heavy atom. The molecule has 0 bridgehead atoms. The molecule has 150 valence electrons. The van der Waals surface area contributed by atoms with Crippen LogP contribution in [0.2, 0.25) is 0 Å². The predicted octanol–water partition coefficient (Wildman–Crippen LogP) is 2.71. The van der Waals surface area contributed by atoms with Crippen molar-refractivity contribution in [3.63, 3.8) is 0 Å². The molecular formula is C18H24N6O3S. The molecule has 1 aliphatic rings. The first-order valence-electron chi connectivity index (χ1n) is 9.16. The van der Waals surface area contributed by atoms with Gasteiger partial charge in [0, 0.05) is 5.56 Å². The zero-order valence-electron chi connectivity index (χ0n) is 16.2. The number of nitrogens with zero attached hydrogens (tertiary/aromatic N) is 6. The van der Waals surface area contributed by atoms with Gasteiger partial charge < -0.3 is 4.74 Å². The van der Waals surface area contributed by atoms with E-state index < -0.39 is 10.2 Å². The number of aromatic nitrogens is 4. The van der Waals surface area contributed by atoms with Crippen molar-refractivity contribution in [2.45, 2.75) is 46.6 Å². The Labute approximate surface area is 164 Å². The van der Waals surface area contributed by atoms with Crippen LogP contribution in [-0.2, 0) is 16.8 Å². The van der Waals surface area contributed by atoms with Gasteiger partial charge in [0.15, 0.2) is 0 Å². The Morgan fingerprint density at radius 3 is 2.50 bits per heavy atom. The van der Waals surface area contributed by atoms with Crippen LogP contribution in [0.25, 0.3) is 11.4 Å². The molecule has 9 nitrogen and oxygen atoms in total. The summed E-state index contributed by atoms with van der Waals surface area (Å²) in [4.78, 5) is 1.54. The largest absolute Gasteiger partial charge is 0.494 e. The van der Waals surface area contributed by atoms with Gasteiger partial charge in [0.2, 0.25) is 5.82 Å². The van der Waals surface area contributed by atoms with E-state index >= 15 is 0 Å². The maximum Gasteiger partial charge on any atom is 0.363 e. The second kappa shape index (κ2) is 8.17. The van der Waals surface area contributed by atoms with Crippen LogP contribution in [-0.4, -0.2) is 47.2 Å². The fraction of sp³-hybridized carbons (Fsp3) is 0.500. The standard InChI is InChI=1S/C18H24N6O3S/c1-4-24-21-17(20-23-24)14-5-7-16(8-6-14)27-12-11-18(2,3)10-9-15-13-19-28(25,26)22-15/h5-8,13H,4,9-12H2,1-3H3. The number of aryl methyl sites for hydroxylation is 1. The second-order valence-corrected chi connectivity index (χ2v) is 8.64. The van der Waals surface area contributed by atoms with E-state index in [1.54, 1.807) is 4.80 Å². The lowest BCUT2D eigenvalue weighted by molar-refractivity contribution is 0.220. The molecule has 0 atom stereocenters. The Kier molecular flexibility index (Phi) is 5.87. The monoisotopic (exact) mass is 404 g/mol. The minimum Gasteiger partial charge on any atom is -0.494 e. The Hall–Kier alpha value is -2.62. The third-order valence-corrected chi connectivity index (χ3v) is 5.36. The number of hydrogen-bond donors (Lipinski definition) is 0. The van der Waals surface area contributed by atoms with Gasteiger partial charge >= 0.3 is 10.2 Å². The molecule has 3 rings (SSSR count). The molecule has 0 aliphatic carbocycles. The lowest BCUT2D eigenvalue weighted by atomic mass is 9.84. The average molecular weight is 404 g/mol. The molecule has 1 aromatic heterocycles. The normalized spacial score (nSPS) is 15.6. The fourth-order valence-electron chi connectivity index (χ4n) is 2.66. The summed E-state index contributed by atoms with van der Waals surface area (Å²) in [6, 6.07) is 7.61. The van der Waals surface area contributed by atoms with Crippen LogP contribution >= 0.6 is 0 Å². The summed E-state index contributed by atoms with van der Waals surface area (Å²) in [7, 11) is -3.62. The summed E-state index contributed by atoms with van der Waals surface area (Å²) >= 11 is 0. The van der Waals surface area contributed by atoms with E-state index in [0.29, 0.717) is 31.1 Å². The molecule has 0 radical (unpaired) electrons. The lowest BCUT2D eigenvalue weighted by Gasteiger charge is -2.24. The minimum absolute atomic E-state index is 0.00870. The van der Waals surface area contributed by atoms with E-state index in [1.165, 1.54) is 6.21 Å². The van der Waals surface area contributed by atoms with E-state index in [1.807, 2.05) is 31.2 Å². The first-order chi connectivity index (χ1) is 13.3. The quantitative estimate of drug-likeness (QED) is 0.635. The molecular weight excluding hydrogens is 380 g/mol. The molecule has 0 saturated heterocycles. The highest BCUT2D eigenvalue weighted by molar-refractivity contribution is 7.89. The molecule has 2 aromatic rings. The Balaban J connectivity index is 1.46. The molecule has 0 unspecified atom stereocenters. The summed E-state index contributed by atoms with van der Waals surface area (Å²) in [5, 5.41) is 12.3. The van der Waals surface area contributed by atoms with Gasteiger partial charge in [-0.15, -0.1) is 19.0 Å². The molecule has 28 heavy (non-hydrogen) atoms. The molecule has 2 heterocycles. The van der Waals surface area contributed by atoms with Crippen LogP contribution in [0, 0.1) is 5.41 Å². The van der Waals surface area contributed by atoms with E-state index in [-0.39, 0.29) is 5.41 Å². The first kappa shape index (κ1) is 20.1. The van der Waals surface area contributed by atoms with E-state index in [4.69, 9.17) is 4.74 Å². The summed E-state index contributed by atoms with van der Waals surface area (Å²) in [6.45, 7) is 7.46. The Morgan fingerprint density at radius 1 is 1.14 bits per heavy atom. The van der Waals surface area contributed by atoms with Crippen LogP contribution in [0.1, 0.15) is 40.0 Å². The number of benzene rings is 1. The third-order valence-electron chi connectivity index (χ3n) is 4.52. The summed E-state index contributed by atoms with van der Waals surface area (Å²) in [5.41, 5.74) is 1.39. The van der Waals surface area contributed by atoms with Crippen molar-refractivity contribution in [3.05, 3.63) is 24.3 Å². The maximum atomic E-state index is 11.2. The highest BCUT2D eigenvalue weighted by Gasteiger charge is 2.21. The van der Waals surface area contributed by atoms with Crippen LogP contribution < -0.4 is 4.74 Å². The zero-order valence-corrected chi connectivity index (χ0v) is 17.1. The average Bonchev–Trinajstić information content (AvgIpc) is 3.27. The number of hydrogen-bond acceptors (Lipinski definition) is 6. The van der Waals surface area contributed by atoms with Gasteiger partial charge in [-0.2, -0.15) is 13.2 Å². The lowest BCUT2D eigenvalue weighted by Crippen LogP contribution is -2.17. The molecule has 0 N–H and O–H groups in total. The van der Waals surface area contributed by atoms with Gasteiger partial charge in [-0.05, 0) is 61.1 Å². The SMILES string of the molecule is CCn1nnc(-c2ccc(OCCC(C)(C)CCC3=NS(=O)(=O)N=C3)cc2)n1. The van der Waals surface area contributed by atoms with Crippen molar-refractivity contribution in [1.82, 2.24) is 20.2 Å². The van der Waals surface area contributed by atoms with Gasteiger partial charge in [-0.25, -0.2) is 0 Å². The van der Waals surface area contributed by atoms with Gasteiger partial charge in [0.25, 0.3) is 0 Å². The maximum absolute atomic E-state index is 11.2. The van der Waals surface area contributed by atoms with Crippen LogP contribution in [0.5, 0.6) is 5.75 Å². The number of ether oxygens (including phenoxy) is 1. The van der Waals surface area contributed by atoms with Crippen LogP contribution in [0.3, 0.4) is 0 Å². The molecule has 0 fully saturated rings.